The number of halogens is 3. The van der Waals surface area contributed by atoms with Gasteiger partial charge in [-0.25, -0.2) is 15.8 Å². The van der Waals surface area contributed by atoms with Crippen LogP contribution in [0, 0.1) is 6.92 Å². The van der Waals surface area contributed by atoms with Crippen molar-refractivity contribution < 1.29 is 18.3 Å². The summed E-state index contributed by atoms with van der Waals surface area (Å²) in [6.07, 6.45) is 4.58. The van der Waals surface area contributed by atoms with Gasteiger partial charge in [0, 0.05) is 24.7 Å². The van der Waals surface area contributed by atoms with Crippen LogP contribution in [0.4, 0.5) is 14.5 Å². The number of alkyl halides is 2. The summed E-state index contributed by atoms with van der Waals surface area (Å²) in [4.78, 5) is 7.95. The maximum absolute atomic E-state index is 12.3. The minimum Gasteiger partial charge on any atom is -0.457 e. The number of hydrazine groups is 1. The van der Waals surface area contributed by atoms with Crippen LogP contribution in [0.5, 0.6) is 11.8 Å². The van der Waals surface area contributed by atoms with E-state index in [0.29, 0.717) is 5.69 Å². The minimum atomic E-state index is -3.00. The van der Waals surface area contributed by atoms with Crippen molar-refractivity contribution in [2.45, 2.75) is 13.5 Å². The molecule has 4 N–H and O–H groups in total. The van der Waals surface area contributed by atoms with E-state index >= 15 is 0 Å². The monoisotopic (exact) mass is 371 g/mol. The van der Waals surface area contributed by atoms with Crippen molar-refractivity contribution in [3.63, 3.8) is 0 Å². The van der Waals surface area contributed by atoms with Gasteiger partial charge in [0.15, 0.2) is 0 Å². The normalized spacial score (nSPS) is 11.5. The highest BCUT2D eigenvalue weighted by atomic mass is 35.5. The highest BCUT2D eigenvalue weighted by molar-refractivity contribution is 6.32. The number of anilines is 1. The number of hydrogen-bond donors (Lipinski definition) is 2. The Balaban J connectivity index is 2.02. The van der Waals surface area contributed by atoms with Crippen molar-refractivity contribution in [1.29, 1.82) is 0 Å². The van der Waals surface area contributed by atoms with E-state index in [2.05, 4.69) is 14.7 Å². The van der Waals surface area contributed by atoms with E-state index in [0.717, 1.165) is 10.6 Å². The molecule has 0 aliphatic rings. The Hall–Kier alpha value is -2.65. The van der Waals surface area contributed by atoms with Gasteiger partial charge in [0.1, 0.15) is 12.4 Å². The second-order valence-corrected chi connectivity index (χ2v) is 5.34. The Morgan fingerprint density at radius 1 is 1.36 bits per heavy atom. The molecule has 25 heavy (non-hydrogen) atoms. The summed E-state index contributed by atoms with van der Waals surface area (Å²) in [7, 11) is 0. The molecule has 1 aromatic heterocycles. The molecule has 1 aromatic carbocycles. The van der Waals surface area contributed by atoms with E-state index in [-0.39, 0.29) is 29.1 Å². The standard InChI is InChI=1S/C15H16ClF2N5O2/c1-9-5-21-15(22-6-9)24-8-10(19)7-23(20)11-2-3-12(16)13(4-11)25-14(17)18/h2-7,14H,8,19-20H2,1H3/b10-7-. The third kappa shape index (κ3) is 5.73. The fourth-order valence-electron chi connectivity index (χ4n) is 1.73. The zero-order chi connectivity index (χ0) is 18.4. The molecule has 2 rings (SSSR count). The summed E-state index contributed by atoms with van der Waals surface area (Å²) in [6.45, 7) is -1.16. The van der Waals surface area contributed by atoms with Crippen molar-refractivity contribution >= 4 is 17.3 Å². The smallest absolute Gasteiger partial charge is 0.387 e. The van der Waals surface area contributed by atoms with Gasteiger partial charge in [-0.3, -0.25) is 5.01 Å². The zero-order valence-corrected chi connectivity index (χ0v) is 14.0. The average molecular weight is 372 g/mol. The van der Waals surface area contributed by atoms with Crippen LogP contribution >= 0.6 is 11.6 Å². The first-order chi connectivity index (χ1) is 11.8. The van der Waals surface area contributed by atoms with Crippen LogP contribution in [-0.2, 0) is 0 Å². The first kappa shape index (κ1) is 18.7. The van der Waals surface area contributed by atoms with Crippen LogP contribution in [0.15, 0.2) is 42.5 Å². The Morgan fingerprint density at radius 2 is 2.04 bits per heavy atom. The van der Waals surface area contributed by atoms with E-state index in [9.17, 15) is 8.78 Å². The largest absolute Gasteiger partial charge is 0.457 e. The van der Waals surface area contributed by atoms with Crippen molar-refractivity contribution in [2.75, 3.05) is 11.6 Å². The highest BCUT2D eigenvalue weighted by Gasteiger charge is 2.11. The molecule has 0 fully saturated rings. The number of ether oxygens (including phenoxy) is 2. The van der Waals surface area contributed by atoms with Crippen LogP contribution in [0.3, 0.4) is 0 Å². The van der Waals surface area contributed by atoms with Gasteiger partial charge in [-0.15, -0.1) is 0 Å². The van der Waals surface area contributed by atoms with Crippen LogP contribution in [0.25, 0.3) is 0 Å². The SMILES string of the molecule is Cc1cnc(OC/C(N)=C/N(N)c2ccc(Cl)c(OC(F)F)c2)nc1. The second-order valence-electron chi connectivity index (χ2n) is 4.94. The second kappa shape index (κ2) is 8.45. The molecule has 0 aliphatic heterocycles. The molecule has 0 saturated carbocycles. The van der Waals surface area contributed by atoms with E-state index < -0.39 is 6.61 Å². The summed E-state index contributed by atoms with van der Waals surface area (Å²) in [5.74, 6) is 5.64. The molecule has 0 amide bonds. The predicted molar refractivity (Wildman–Crippen MR) is 89.3 cm³/mol. The number of nitrogens with two attached hydrogens (primary N) is 2. The molecule has 7 nitrogen and oxygen atoms in total. The number of nitrogens with zero attached hydrogens (tertiary/aromatic N) is 3. The van der Waals surface area contributed by atoms with Crippen LogP contribution in [0.2, 0.25) is 5.02 Å². The third-order valence-electron chi connectivity index (χ3n) is 2.86. The van der Waals surface area contributed by atoms with Crippen LogP contribution in [-0.4, -0.2) is 23.2 Å². The summed E-state index contributed by atoms with van der Waals surface area (Å²) < 4.78 is 34.3. The van der Waals surface area contributed by atoms with Crippen molar-refractivity contribution in [3.05, 3.63) is 53.1 Å². The number of benzene rings is 1. The predicted octanol–water partition coefficient (Wildman–Crippen LogP) is 2.60. The van der Waals surface area contributed by atoms with E-state index in [4.69, 9.17) is 27.9 Å². The molecule has 10 heteroatoms. The zero-order valence-electron chi connectivity index (χ0n) is 13.2. The molecule has 0 saturated heterocycles. The number of hydrogen-bond acceptors (Lipinski definition) is 7. The Bertz CT molecular complexity index is 743. The molecule has 0 unspecified atom stereocenters. The minimum absolute atomic E-state index is 0.00918. The molecular weight excluding hydrogens is 356 g/mol. The lowest BCUT2D eigenvalue weighted by molar-refractivity contribution is -0.0497. The molecule has 134 valence electrons. The van der Waals surface area contributed by atoms with Gasteiger partial charge in [0.25, 0.3) is 0 Å². The Labute approximate surface area is 147 Å². The molecule has 0 radical (unpaired) electrons. The Kier molecular flexibility index (Phi) is 6.31. The highest BCUT2D eigenvalue weighted by Crippen LogP contribution is 2.30. The molecule has 0 spiro atoms. The number of rotatable bonds is 7. The number of aryl methyl sites for hydroxylation is 1. The Morgan fingerprint density at radius 3 is 2.68 bits per heavy atom. The van der Waals surface area contributed by atoms with Crippen LogP contribution in [0.1, 0.15) is 5.56 Å². The van der Waals surface area contributed by atoms with E-state index in [1.807, 2.05) is 6.92 Å². The van der Waals surface area contributed by atoms with Crippen LogP contribution < -0.4 is 26.1 Å². The summed E-state index contributed by atoms with van der Waals surface area (Å²) in [6, 6.07) is 4.34. The fraction of sp³-hybridized carbons (Fsp3) is 0.200. The average Bonchev–Trinajstić information content (AvgIpc) is 2.56. The van der Waals surface area contributed by atoms with E-state index in [1.54, 1.807) is 12.4 Å². The van der Waals surface area contributed by atoms with Crippen molar-refractivity contribution in [2.24, 2.45) is 11.6 Å². The molecule has 0 aliphatic carbocycles. The maximum atomic E-state index is 12.3. The lowest BCUT2D eigenvalue weighted by Gasteiger charge is -2.17. The first-order valence-corrected chi connectivity index (χ1v) is 7.39. The maximum Gasteiger partial charge on any atom is 0.387 e. The third-order valence-corrected chi connectivity index (χ3v) is 3.17. The van der Waals surface area contributed by atoms with Crippen molar-refractivity contribution in [1.82, 2.24) is 9.97 Å². The molecule has 0 bridgehead atoms. The van der Waals surface area contributed by atoms with Gasteiger partial charge in [-0.2, -0.15) is 8.78 Å². The van der Waals surface area contributed by atoms with Gasteiger partial charge in [-0.05, 0) is 24.6 Å². The topological polar surface area (TPSA) is 99.5 Å². The molecule has 1 heterocycles. The molecule has 2 aromatic rings. The summed E-state index contributed by atoms with van der Waals surface area (Å²) in [5.41, 5.74) is 7.32. The quantitative estimate of drug-likeness (QED) is 0.570. The van der Waals surface area contributed by atoms with E-state index in [1.165, 1.54) is 24.4 Å². The lowest BCUT2D eigenvalue weighted by Crippen LogP contribution is -2.27. The lowest BCUT2D eigenvalue weighted by atomic mass is 10.3. The van der Waals surface area contributed by atoms with Gasteiger partial charge >= 0.3 is 12.6 Å². The fourth-order valence-corrected chi connectivity index (χ4v) is 1.89. The van der Waals surface area contributed by atoms with Gasteiger partial charge in [-0.1, -0.05) is 11.6 Å². The van der Waals surface area contributed by atoms with Gasteiger partial charge in [0.05, 0.1) is 16.4 Å². The van der Waals surface area contributed by atoms with Gasteiger partial charge in [0.2, 0.25) is 0 Å². The van der Waals surface area contributed by atoms with Gasteiger partial charge < -0.3 is 15.2 Å². The summed E-state index contributed by atoms with van der Waals surface area (Å²) >= 11 is 5.79. The molecular formula is C15H16ClF2N5O2. The van der Waals surface area contributed by atoms with Crippen molar-refractivity contribution in [3.8, 4) is 11.8 Å². The summed E-state index contributed by atoms with van der Waals surface area (Å²) in [5, 5.41) is 1.16. The first-order valence-electron chi connectivity index (χ1n) is 7.01. The molecule has 0 atom stereocenters. The number of aromatic nitrogens is 2.